The number of rotatable bonds is 2. The molecule has 19 heavy (non-hydrogen) atoms. The number of carbonyl (C=O) groups is 1. The zero-order valence-corrected chi connectivity index (χ0v) is 10.5. The molecule has 0 amide bonds. The highest BCUT2D eigenvalue weighted by atomic mass is 16.2. The van der Waals surface area contributed by atoms with E-state index in [0.717, 1.165) is 11.4 Å². The predicted octanol–water partition coefficient (Wildman–Crippen LogP) is 2.67. The maximum atomic E-state index is 12.3. The van der Waals surface area contributed by atoms with Crippen LogP contribution in [-0.2, 0) is 0 Å². The van der Waals surface area contributed by atoms with E-state index >= 15 is 0 Å². The maximum Gasteiger partial charge on any atom is 0.265 e. The summed E-state index contributed by atoms with van der Waals surface area (Å²) in [5.41, 5.74) is 2.40. The van der Waals surface area contributed by atoms with Crippen LogP contribution in [0.4, 0.5) is 0 Å². The van der Waals surface area contributed by atoms with Crippen LogP contribution in [0.25, 0.3) is 5.69 Å². The topological polar surface area (TPSA) is 39.8 Å². The van der Waals surface area contributed by atoms with Crippen LogP contribution in [0.5, 0.6) is 0 Å². The molecule has 0 aliphatic carbocycles. The number of nitrogens with zero attached hydrogens (tertiary/aromatic N) is 3. The highest BCUT2D eigenvalue weighted by molar-refractivity contribution is 5.96. The molecule has 0 atom stereocenters. The lowest BCUT2D eigenvalue weighted by atomic mass is 10.2. The number of aromatic nitrogens is 3. The van der Waals surface area contributed by atoms with Crippen molar-refractivity contribution in [2.45, 2.75) is 6.92 Å². The second-order valence-corrected chi connectivity index (χ2v) is 4.29. The van der Waals surface area contributed by atoms with Crippen molar-refractivity contribution < 1.29 is 4.79 Å². The molecule has 3 aromatic rings. The minimum Gasteiger partial charge on any atom is -0.291 e. The van der Waals surface area contributed by atoms with E-state index in [0.29, 0.717) is 5.56 Å². The number of hydrogen-bond acceptors (Lipinski definition) is 2. The zero-order chi connectivity index (χ0) is 13.2. The van der Waals surface area contributed by atoms with Crippen LogP contribution in [0.15, 0.2) is 61.1 Å². The Morgan fingerprint density at radius 3 is 2.42 bits per heavy atom. The Kier molecular flexibility index (Phi) is 2.76. The molecule has 0 aliphatic rings. The van der Waals surface area contributed by atoms with Crippen LogP contribution in [0.1, 0.15) is 16.1 Å². The third-order valence-electron chi connectivity index (χ3n) is 3.08. The minimum absolute atomic E-state index is 0.0651. The van der Waals surface area contributed by atoms with Crippen LogP contribution in [0.2, 0.25) is 0 Å². The van der Waals surface area contributed by atoms with Crippen molar-refractivity contribution in [3.05, 3.63) is 72.3 Å². The van der Waals surface area contributed by atoms with Crippen LogP contribution < -0.4 is 0 Å². The molecule has 0 saturated heterocycles. The summed E-state index contributed by atoms with van der Waals surface area (Å²) in [5.74, 6) is -0.0651. The van der Waals surface area contributed by atoms with Crippen LogP contribution >= 0.6 is 0 Å². The van der Waals surface area contributed by atoms with Crippen LogP contribution in [0, 0.1) is 6.92 Å². The lowest BCUT2D eigenvalue weighted by Gasteiger charge is -2.05. The Bertz CT molecular complexity index is 696. The largest absolute Gasteiger partial charge is 0.291 e. The monoisotopic (exact) mass is 251 g/mol. The van der Waals surface area contributed by atoms with Crippen LogP contribution in [-0.4, -0.2) is 20.3 Å². The second-order valence-electron chi connectivity index (χ2n) is 4.29. The average molecular weight is 251 g/mol. The first-order chi connectivity index (χ1) is 9.27. The molecular weight excluding hydrogens is 238 g/mol. The van der Waals surface area contributed by atoms with Gasteiger partial charge in [0.05, 0.1) is 23.1 Å². The Labute approximate surface area is 110 Å². The normalized spacial score (nSPS) is 10.6. The molecule has 4 heteroatoms. The van der Waals surface area contributed by atoms with Crippen molar-refractivity contribution in [1.29, 1.82) is 0 Å². The number of benzene rings is 1. The van der Waals surface area contributed by atoms with E-state index < -0.39 is 0 Å². The fraction of sp³-hybridized carbons (Fsp3) is 0.0667. The van der Waals surface area contributed by atoms with E-state index in [1.807, 2.05) is 49.4 Å². The molecule has 2 aromatic heterocycles. The fourth-order valence-electron chi connectivity index (χ4n) is 2.06. The molecule has 4 nitrogen and oxygen atoms in total. The molecule has 0 saturated carbocycles. The summed E-state index contributed by atoms with van der Waals surface area (Å²) < 4.78 is 3.33. The molecule has 3 rings (SSSR count). The van der Waals surface area contributed by atoms with Gasteiger partial charge in [-0.2, -0.15) is 5.10 Å². The lowest BCUT2D eigenvalue weighted by Crippen LogP contribution is -2.11. The second kappa shape index (κ2) is 4.57. The molecule has 0 bridgehead atoms. The van der Waals surface area contributed by atoms with Gasteiger partial charge in [0.1, 0.15) is 0 Å². The van der Waals surface area contributed by atoms with E-state index in [1.165, 1.54) is 0 Å². The first-order valence-corrected chi connectivity index (χ1v) is 6.05. The highest BCUT2D eigenvalue weighted by Crippen LogP contribution is 2.15. The maximum absolute atomic E-state index is 12.3. The van der Waals surface area contributed by atoms with Gasteiger partial charge in [0.2, 0.25) is 0 Å². The van der Waals surface area contributed by atoms with Gasteiger partial charge in [-0.15, -0.1) is 0 Å². The minimum atomic E-state index is -0.0651. The Balaban J connectivity index is 2.02. The van der Waals surface area contributed by atoms with Gasteiger partial charge in [-0.05, 0) is 31.2 Å². The summed E-state index contributed by atoms with van der Waals surface area (Å²) in [6, 6.07) is 13.4. The SMILES string of the molecule is Cc1c(C(=O)n2cccc2)cnn1-c1ccccc1. The van der Waals surface area contributed by atoms with Crippen molar-refractivity contribution in [2.24, 2.45) is 0 Å². The summed E-state index contributed by atoms with van der Waals surface area (Å²) in [5, 5.41) is 4.30. The number of hydrogen-bond donors (Lipinski definition) is 0. The Morgan fingerprint density at radius 2 is 1.74 bits per heavy atom. The van der Waals surface area contributed by atoms with Gasteiger partial charge in [-0.3, -0.25) is 9.36 Å². The molecular formula is C15H13N3O. The fourth-order valence-corrected chi connectivity index (χ4v) is 2.06. The molecule has 0 fully saturated rings. The Morgan fingerprint density at radius 1 is 1.05 bits per heavy atom. The molecule has 2 heterocycles. The third-order valence-corrected chi connectivity index (χ3v) is 3.08. The third kappa shape index (κ3) is 1.97. The standard InChI is InChI=1S/C15H13N3O/c1-12-14(15(19)17-9-5-6-10-17)11-16-18(12)13-7-3-2-4-8-13/h2-11H,1H3. The van der Waals surface area contributed by atoms with E-state index in [2.05, 4.69) is 5.10 Å². The molecule has 0 unspecified atom stereocenters. The van der Waals surface area contributed by atoms with Crippen molar-refractivity contribution in [2.75, 3.05) is 0 Å². The Hall–Kier alpha value is -2.62. The van der Waals surface area contributed by atoms with Crippen molar-refractivity contribution in [3.8, 4) is 5.69 Å². The number of carbonyl (C=O) groups excluding carboxylic acids is 1. The first kappa shape index (κ1) is 11.5. The smallest absolute Gasteiger partial charge is 0.265 e. The highest BCUT2D eigenvalue weighted by Gasteiger charge is 2.15. The van der Waals surface area contributed by atoms with E-state index in [1.54, 1.807) is 27.8 Å². The summed E-state index contributed by atoms with van der Waals surface area (Å²) in [6.07, 6.45) is 5.09. The number of para-hydroxylation sites is 1. The molecule has 0 spiro atoms. The van der Waals surface area contributed by atoms with Gasteiger partial charge in [-0.25, -0.2) is 4.68 Å². The summed E-state index contributed by atoms with van der Waals surface area (Å²) in [7, 11) is 0. The van der Waals surface area contributed by atoms with Gasteiger partial charge in [0.25, 0.3) is 5.91 Å². The molecule has 0 N–H and O–H groups in total. The molecule has 1 aromatic carbocycles. The van der Waals surface area contributed by atoms with Gasteiger partial charge < -0.3 is 0 Å². The molecule has 0 aliphatic heterocycles. The van der Waals surface area contributed by atoms with Gasteiger partial charge in [0.15, 0.2) is 0 Å². The lowest BCUT2D eigenvalue weighted by molar-refractivity contribution is 0.0959. The zero-order valence-electron chi connectivity index (χ0n) is 10.5. The molecule has 94 valence electrons. The van der Waals surface area contributed by atoms with Crippen molar-refractivity contribution >= 4 is 5.91 Å². The van der Waals surface area contributed by atoms with Gasteiger partial charge in [-0.1, -0.05) is 18.2 Å². The van der Waals surface area contributed by atoms with Crippen molar-refractivity contribution in [3.63, 3.8) is 0 Å². The summed E-state index contributed by atoms with van der Waals surface area (Å²) in [6.45, 7) is 1.90. The van der Waals surface area contributed by atoms with E-state index in [9.17, 15) is 4.79 Å². The van der Waals surface area contributed by atoms with Crippen molar-refractivity contribution in [1.82, 2.24) is 14.3 Å². The van der Waals surface area contributed by atoms with Crippen LogP contribution in [0.3, 0.4) is 0 Å². The van der Waals surface area contributed by atoms with E-state index in [-0.39, 0.29) is 5.91 Å². The quantitative estimate of drug-likeness (QED) is 0.702. The predicted molar refractivity (Wildman–Crippen MR) is 72.5 cm³/mol. The van der Waals surface area contributed by atoms with E-state index in [4.69, 9.17) is 0 Å². The summed E-state index contributed by atoms with van der Waals surface area (Å²) in [4.78, 5) is 12.3. The first-order valence-electron chi connectivity index (χ1n) is 6.05. The summed E-state index contributed by atoms with van der Waals surface area (Å²) >= 11 is 0. The van der Waals surface area contributed by atoms with Gasteiger partial charge >= 0.3 is 0 Å². The molecule has 0 radical (unpaired) electrons. The van der Waals surface area contributed by atoms with Gasteiger partial charge in [0, 0.05) is 12.4 Å². The average Bonchev–Trinajstić information content (AvgIpc) is 3.08.